The van der Waals surface area contributed by atoms with Gasteiger partial charge in [0.2, 0.25) is 5.91 Å². The van der Waals surface area contributed by atoms with E-state index in [0.29, 0.717) is 5.92 Å². The molecule has 0 bridgehead atoms. The van der Waals surface area contributed by atoms with Crippen LogP contribution in [0, 0.1) is 0 Å². The lowest BCUT2D eigenvalue weighted by atomic mass is 9.95. The lowest BCUT2D eigenvalue weighted by Gasteiger charge is -2.23. The molecule has 0 saturated carbocycles. The molecular weight excluding hydrogens is 304 g/mol. The van der Waals surface area contributed by atoms with Crippen LogP contribution in [0.1, 0.15) is 55.2 Å². The van der Waals surface area contributed by atoms with Crippen LogP contribution < -0.4 is 10.6 Å². The van der Waals surface area contributed by atoms with Crippen molar-refractivity contribution in [3.05, 3.63) is 57.8 Å². The van der Waals surface area contributed by atoms with Crippen LogP contribution in [0.5, 0.6) is 0 Å². The number of rotatable bonds is 7. The van der Waals surface area contributed by atoms with E-state index in [1.165, 1.54) is 16.0 Å². The average Bonchev–Trinajstić information content (AvgIpc) is 3.12. The Kier molecular flexibility index (Phi) is 6.37. The van der Waals surface area contributed by atoms with Gasteiger partial charge in [0.25, 0.3) is 0 Å². The van der Waals surface area contributed by atoms with E-state index < -0.39 is 0 Å². The summed E-state index contributed by atoms with van der Waals surface area (Å²) >= 11 is 1.71. The highest BCUT2D eigenvalue weighted by Gasteiger charge is 2.21. The number of hydrogen-bond acceptors (Lipinski definition) is 3. The van der Waals surface area contributed by atoms with Crippen molar-refractivity contribution in [2.45, 2.75) is 45.2 Å². The summed E-state index contributed by atoms with van der Waals surface area (Å²) in [5.41, 5.74) is 2.55. The Hall–Kier alpha value is -1.65. The molecule has 0 fully saturated rings. The Bertz CT molecular complexity index is 607. The van der Waals surface area contributed by atoms with E-state index in [1.807, 2.05) is 13.0 Å². The zero-order valence-electron chi connectivity index (χ0n) is 14.3. The number of hydrogen-bond donors (Lipinski definition) is 2. The first-order valence-electron chi connectivity index (χ1n) is 8.17. The van der Waals surface area contributed by atoms with Crippen molar-refractivity contribution in [3.63, 3.8) is 0 Å². The van der Waals surface area contributed by atoms with Gasteiger partial charge in [-0.1, -0.05) is 44.2 Å². The van der Waals surface area contributed by atoms with Gasteiger partial charge < -0.3 is 5.32 Å². The molecule has 124 valence electrons. The average molecular weight is 330 g/mol. The number of thiophene rings is 1. The van der Waals surface area contributed by atoms with Gasteiger partial charge in [0, 0.05) is 11.9 Å². The first-order valence-corrected chi connectivity index (χ1v) is 9.05. The Morgan fingerprint density at radius 2 is 1.78 bits per heavy atom. The van der Waals surface area contributed by atoms with Gasteiger partial charge in [0.1, 0.15) is 0 Å². The molecule has 0 radical (unpaired) electrons. The smallest absolute Gasteiger partial charge is 0.236 e. The van der Waals surface area contributed by atoms with Gasteiger partial charge in [-0.25, -0.2) is 0 Å². The molecule has 1 aromatic heterocycles. The fraction of sp³-hybridized carbons (Fsp3) is 0.421. The Labute approximate surface area is 143 Å². The SMILES string of the molecule is CC[C@@H](C)c1ccc([C@@H](N[C@@H](C)C(=O)NC)c2cccs2)cc1. The molecule has 0 unspecified atom stereocenters. The quantitative estimate of drug-likeness (QED) is 0.803. The lowest BCUT2D eigenvalue weighted by Crippen LogP contribution is -2.42. The van der Waals surface area contributed by atoms with E-state index in [2.05, 4.69) is 60.2 Å². The van der Waals surface area contributed by atoms with Crippen molar-refractivity contribution in [1.29, 1.82) is 0 Å². The third kappa shape index (κ3) is 4.43. The molecule has 2 rings (SSSR count). The van der Waals surface area contributed by atoms with E-state index in [1.54, 1.807) is 18.4 Å². The summed E-state index contributed by atoms with van der Waals surface area (Å²) in [4.78, 5) is 13.1. The number of carbonyl (C=O) groups is 1. The second kappa shape index (κ2) is 8.27. The topological polar surface area (TPSA) is 41.1 Å². The van der Waals surface area contributed by atoms with Crippen LogP contribution in [0.25, 0.3) is 0 Å². The predicted molar refractivity (Wildman–Crippen MR) is 98.0 cm³/mol. The molecule has 0 aliphatic carbocycles. The number of nitrogens with one attached hydrogen (secondary N) is 2. The summed E-state index contributed by atoms with van der Waals surface area (Å²) in [5.74, 6) is 0.574. The standard InChI is InChI=1S/C19H26N2OS/c1-5-13(2)15-8-10-16(11-9-15)18(17-7-6-12-23-17)21-14(3)19(22)20-4/h6-14,18,21H,5H2,1-4H3,(H,20,22)/t13-,14+,18-/m1/s1. The summed E-state index contributed by atoms with van der Waals surface area (Å²) in [6.45, 7) is 6.35. The summed E-state index contributed by atoms with van der Waals surface area (Å²) in [6, 6.07) is 12.7. The lowest BCUT2D eigenvalue weighted by molar-refractivity contribution is -0.122. The highest BCUT2D eigenvalue weighted by atomic mass is 32.1. The van der Waals surface area contributed by atoms with Crippen LogP contribution in [0.2, 0.25) is 0 Å². The van der Waals surface area contributed by atoms with Gasteiger partial charge in [-0.05, 0) is 41.8 Å². The van der Waals surface area contributed by atoms with Crippen molar-refractivity contribution in [3.8, 4) is 0 Å². The van der Waals surface area contributed by atoms with Crippen LogP contribution in [0.15, 0.2) is 41.8 Å². The molecule has 1 heterocycles. The van der Waals surface area contributed by atoms with Gasteiger partial charge >= 0.3 is 0 Å². The summed E-state index contributed by atoms with van der Waals surface area (Å²) in [7, 11) is 1.67. The first kappa shape index (κ1) is 17.7. The predicted octanol–water partition coefficient (Wildman–Crippen LogP) is 4.08. The fourth-order valence-corrected chi connectivity index (χ4v) is 3.40. The molecule has 0 spiro atoms. The minimum Gasteiger partial charge on any atom is -0.358 e. The number of amides is 1. The number of benzene rings is 1. The number of carbonyl (C=O) groups excluding carboxylic acids is 1. The Morgan fingerprint density at radius 1 is 1.13 bits per heavy atom. The van der Waals surface area contributed by atoms with Crippen LogP contribution in [0.4, 0.5) is 0 Å². The Morgan fingerprint density at radius 3 is 2.30 bits per heavy atom. The molecule has 0 aliphatic heterocycles. The van der Waals surface area contributed by atoms with Crippen molar-refractivity contribution < 1.29 is 4.79 Å². The normalized spacial score (nSPS) is 15.0. The molecule has 23 heavy (non-hydrogen) atoms. The monoisotopic (exact) mass is 330 g/mol. The van der Waals surface area contributed by atoms with E-state index >= 15 is 0 Å². The zero-order valence-corrected chi connectivity index (χ0v) is 15.1. The second-order valence-corrected chi connectivity index (χ2v) is 6.91. The van der Waals surface area contributed by atoms with E-state index in [-0.39, 0.29) is 18.0 Å². The molecule has 2 N–H and O–H groups in total. The number of likely N-dealkylation sites (N-methyl/N-ethyl adjacent to an activating group) is 1. The van der Waals surface area contributed by atoms with Crippen molar-refractivity contribution >= 4 is 17.2 Å². The van der Waals surface area contributed by atoms with Gasteiger partial charge in [0.05, 0.1) is 12.1 Å². The van der Waals surface area contributed by atoms with Gasteiger partial charge in [0.15, 0.2) is 0 Å². The second-order valence-electron chi connectivity index (χ2n) is 5.93. The van der Waals surface area contributed by atoms with Crippen LogP contribution in [0.3, 0.4) is 0 Å². The maximum atomic E-state index is 11.9. The maximum absolute atomic E-state index is 11.9. The summed E-state index contributed by atoms with van der Waals surface area (Å²) in [6.07, 6.45) is 1.14. The third-order valence-electron chi connectivity index (χ3n) is 4.34. The molecule has 1 aromatic carbocycles. The highest BCUT2D eigenvalue weighted by molar-refractivity contribution is 7.10. The van der Waals surface area contributed by atoms with Crippen molar-refractivity contribution in [1.82, 2.24) is 10.6 Å². The molecule has 0 aliphatic rings. The van der Waals surface area contributed by atoms with Crippen molar-refractivity contribution in [2.24, 2.45) is 0 Å². The largest absolute Gasteiger partial charge is 0.358 e. The molecule has 3 nitrogen and oxygen atoms in total. The van der Waals surface area contributed by atoms with Gasteiger partial charge in [-0.3, -0.25) is 10.1 Å². The van der Waals surface area contributed by atoms with Crippen LogP contribution in [-0.4, -0.2) is 19.0 Å². The van der Waals surface area contributed by atoms with E-state index in [4.69, 9.17) is 0 Å². The first-order chi connectivity index (χ1) is 11.1. The van der Waals surface area contributed by atoms with Crippen LogP contribution >= 0.6 is 11.3 Å². The van der Waals surface area contributed by atoms with E-state index in [0.717, 1.165) is 6.42 Å². The molecule has 4 heteroatoms. The minimum atomic E-state index is -0.249. The van der Waals surface area contributed by atoms with Crippen LogP contribution in [-0.2, 0) is 4.79 Å². The minimum absolute atomic E-state index is 0.00258. The Balaban J connectivity index is 2.25. The third-order valence-corrected chi connectivity index (χ3v) is 5.27. The summed E-state index contributed by atoms with van der Waals surface area (Å²) < 4.78 is 0. The molecule has 2 aromatic rings. The van der Waals surface area contributed by atoms with Gasteiger partial charge in [-0.2, -0.15) is 0 Å². The zero-order chi connectivity index (χ0) is 16.8. The summed E-state index contributed by atoms with van der Waals surface area (Å²) in [5, 5.41) is 8.22. The van der Waals surface area contributed by atoms with Crippen molar-refractivity contribution in [2.75, 3.05) is 7.05 Å². The van der Waals surface area contributed by atoms with E-state index in [9.17, 15) is 4.79 Å². The maximum Gasteiger partial charge on any atom is 0.236 e. The molecule has 3 atom stereocenters. The molecule has 0 saturated heterocycles. The molecule has 1 amide bonds. The highest BCUT2D eigenvalue weighted by Crippen LogP contribution is 2.28. The van der Waals surface area contributed by atoms with Gasteiger partial charge in [-0.15, -0.1) is 11.3 Å². The fourth-order valence-electron chi connectivity index (χ4n) is 2.59. The molecular formula is C19H26N2OS.